The minimum Gasteiger partial charge on any atom is -0.490 e. The van der Waals surface area contributed by atoms with Crippen molar-refractivity contribution in [2.75, 3.05) is 25.1 Å². The first-order valence-electron chi connectivity index (χ1n) is 9.11. The first kappa shape index (κ1) is 20.2. The van der Waals surface area contributed by atoms with Crippen molar-refractivity contribution in [1.82, 2.24) is 4.72 Å². The summed E-state index contributed by atoms with van der Waals surface area (Å²) in [4.78, 5) is 12.2. The molecule has 0 atom stereocenters. The smallest absolute Gasteiger partial charge is 0.240 e. The van der Waals surface area contributed by atoms with E-state index >= 15 is 0 Å². The Bertz CT molecular complexity index is 973. The summed E-state index contributed by atoms with van der Waals surface area (Å²) in [5, 5.41) is 2.77. The fraction of sp³-hybridized carbons (Fsp3) is 0.350. The molecule has 0 radical (unpaired) electrons. The van der Waals surface area contributed by atoms with Gasteiger partial charge in [-0.3, -0.25) is 4.79 Å². The second-order valence-corrected chi connectivity index (χ2v) is 8.42. The Balaban J connectivity index is 1.56. The van der Waals surface area contributed by atoms with Gasteiger partial charge >= 0.3 is 0 Å². The molecule has 8 heteroatoms. The van der Waals surface area contributed by atoms with Gasteiger partial charge in [0, 0.05) is 31.1 Å². The molecule has 0 fully saturated rings. The zero-order chi connectivity index (χ0) is 20.1. The molecule has 0 unspecified atom stereocenters. The third-order valence-electron chi connectivity index (χ3n) is 4.46. The van der Waals surface area contributed by atoms with E-state index in [9.17, 15) is 13.2 Å². The van der Waals surface area contributed by atoms with Gasteiger partial charge in [0.15, 0.2) is 11.5 Å². The van der Waals surface area contributed by atoms with Crippen molar-refractivity contribution in [3.8, 4) is 11.5 Å². The highest BCUT2D eigenvalue weighted by Gasteiger charge is 2.19. The molecule has 28 heavy (non-hydrogen) atoms. The van der Waals surface area contributed by atoms with Crippen LogP contribution in [0.3, 0.4) is 0 Å². The normalized spacial score (nSPS) is 13.6. The Hall–Kier alpha value is -2.58. The standard InChI is InChI=1S/C20H24N2O5S/c1-14-4-5-16(12-15(14)2)22-20(23)8-9-21-28(24,25)17-6-7-18-19(13-17)27-11-3-10-26-18/h4-7,12-13,21H,3,8-11H2,1-2H3,(H,22,23). The van der Waals surface area contributed by atoms with Crippen LogP contribution in [0, 0.1) is 13.8 Å². The Morgan fingerprint density at radius 3 is 2.50 bits per heavy atom. The van der Waals surface area contributed by atoms with Crippen LogP contribution in [0.5, 0.6) is 11.5 Å². The third-order valence-corrected chi connectivity index (χ3v) is 5.92. The average molecular weight is 404 g/mol. The van der Waals surface area contributed by atoms with Gasteiger partial charge in [-0.2, -0.15) is 0 Å². The van der Waals surface area contributed by atoms with Crippen LogP contribution < -0.4 is 19.5 Å². The van der Waals surface area contributed by atoms with Crippen LogP contribution in [0.1, 0.15) is 24.0 Å². The number of aryl methyl sites for hydroxylation is 2. The summed E-state index contributed by atoms with van der Waals surface area (Å²) in [5.41, 5.74) is 2.91. The summed E-state index contributed by atoms with van der Waals surface area (Å²) in [6.45, 7) is 4.97. The molecule has 0 saturated carbocycles. The highest BCUT2D eigenvalue weighted by atomic mass is 32.2. The molecule has 150 valence electrons. The van der Waals surface area contributed by atoms with Crippen molar-refractivity contribution < 1.29 is 22.7 Å². The molecule has 1 aliphatic rings. The summed E-state index contributed by atoms with van der Waals surface area (Å²) < 4.78 is 38.5. The summed E-state index contributed by atoms with van der Waals surface area (Å²) in [5.74, 6) is 0.682. The number of ether oxygens (including phenoxy) is 2. The minimum absolute atomic E-state index is 0.00650. The Morgan fingerprint density at radius 1 is 1.00 bits per heavy atom. The Morgan fingerprint density at radius 2 is 1.75 bits per heavy atom. The van der Waals surface area contributed by atoms with Crippen molar-refractivity contribution >= 4 is 21.6 Å². The van der Waals surface area contributed by atoms with Crippen molar-refractivity contribution in [3.63, 3.8) is 0 Å². The van der Waals surface area contributed by atoms with Crippen LogP contribution in [-0.4, -0.2) is 34.1 Å². The van der Waals surface area contributed by atoms with Crippen LogP contribution >= 0.6 is 0 Å². The SMILES string of the molecule is Cc1ccc(NC(=O)CCNS(=O)(=O)c2ccc3c(c2)OCCCO3)cc1C. The molecule has 3 rings (SSSR count). The fourth-order valence-electron chi connectivity index (χ4n) is 2.74. The van der Waals surface area contributed by atoms with Crippen LogP contribution in [0.15, 0.2) is 41.3 Å². The number of sulfonamides is 1. The molecule has 0 aromatic heterocycles. The van der Waals surface area contributed by atoms with Gasteiger partial charge in [0.2, 0.25) is 15.9 Å². The maximum absolute atomic E-state index is 12.5. The van der Waals surface area contributed by atoms with E-state index in [2.05, 4.69) is 10.0 Å². The number of carbonyl (C=O) groups is 1. The van der Waals surface area contributed by atoms with Crippen LogP contribution in [0.4, 0.5) is 5.69 Å². The molecule has 2 aromatic carbocycles. The van der Waals surface area contributed by atoms with E-state index in [1.165, 1.54) is 12.1 Å². The van der Waals surface area contributed by atoms with Gasteiger partial charge < -0.3 is 14.8 Å². The second kappa shape index (κ2) is 8.62. The van der Waals surface area contributed by atoms with E-state index in [0.29, 0.717) is 30.4 Å². The molecule has 2 N–H and O–H groups in total. The number of rotatable bonds is 6. The number of benzene rings is 2. The summed E-state index contributed by atoms with van der Waals surface area (Å²) in [6.07, 6.45) is 0.765. The number of hydrogen-bond acceptors (Lipinski definition) is 5. The van der Waals surface area contributed by atoms with E-state index < -0.39 is 10.0 Å². The number of fused-ring (bicyclic) bond motifs is 1. The molecule has 1 aliphatic heterocycles. The first-order valence-corrected chi connectivity index (χ1v) is 10.6. The van der Waals surface area contributed by atoms with Gasteiger partial charge in [-0.05, 0) is 49.2 Å². The Kier molecular flexibility index (Phi) is 6.21. The molecule has 0 bridgehead atoms. The molecule has 0 spiro atoms. The zero-order valence-electron chi connectivity index (χ0n) is 15.9. The fourth-order valence-corrected chi connectivity index (χ4v) is 3.78. The zero-order valence-corrected chi connectivity index (χ0v) is 16.8. The van der Waals surface area contributed by atoms with Gasteiger partial charge in [-0.1, -0.05) is 6.07 Å². The molecule has 0 aliphatic carbocycles. The van der Waals surface area contributed by atoms with Crippen molar-refractivity contribution in [2.24, 2.45) is 0 Å². The summed E-state index contributed by atoms with van der Waals surface area (Å²) >= 11 is 0. The molecular weight excluding hydrogens is 380 g/mol. The quantitative estimate of drug-likeness (QED) is 0.772. The molecule has 7 nitrogen and oxygen atoms in total. The number of anilines is 1. The maximum Gasteiger partial charge on any atom is 0.240 e. The highest BCUT2D eigenvalue weighted by molar-refractivity contribution is 7.89. The topological polar surface area (TPSA) is 93.7 Å². The minimum atomic E-state index is -3.75. The van der Waals surface area contributed by atoms with Gasteiger partial charge in [-0.25, -0.2) is 13.1 Å². The van der Waals surface area contributed by atoms with E-state index in [1.807, 2.05) is 32.0 Å². The van der Waals surface area contributed by atoms with E-state index in [1.54, 1.807) is 6.07 Å². The number of nitrogens with one attached hydrogen (secondary N) is 2. The monoisotopic (exact) mass is 404 g/mol. The molecule has 0 saturated heterocycles. The molecule has 1 heterocycles. The van der Waals surface area contributed by atoms with E-state index in [-0.39, 0.29) is 23.8 Å². The highest BCUT2D eigenvalue weighted by Crippen LogP contribution is 2.31. The first-order chi connectivity index (χ1) is 13.3. The van der Waals surface area contributed by atoms with Gasteiger partial charge in [0.25, 0.3) is 0 Å². The van der Waals surface area contributed by atoms with Gasteiger partial charge in [0.1, 0.15) is 0 Å². The number of amides is 1. The second-order valence-electron chi connectivity index (χ2n) is 6.65. The Labute approximate surface area is 165 Å². The average Bonchev–Trinajstić information content (AvgIpc) is 2.89. The lowest BCUT2D eigenvalue weighted by Crippen LogP contribution is -2.27. The lowest BCUT2D eigenvalue weighted by molar-refractivity contribution is -0.116. The maximum atomic E-state index is 12.5. The lowest BCUT2D eigenvalue weighted by atomic mass is 10.1. The number of carbonyl (C=O) groups excluding carboxylic acids is 1. The van der Waals surface area contributed by atoms with Crippen LogP contribution in [0.25, 0.3) is 0 Å². The van der Waals surface area contributed by atoms with Crippen molar-refractivity contribution in [3.05, 3.63) is 47.5 Å². The summed E-state index contributed by atoms with van der Waals surface area (Å²) in [7, 11) is -3.75. The number of hydrogen-bond donors (Lipinski definition) is 2. The summed E-state index contributed by atoms with van der Waals surface area (Å²) in [6, 6.07) is 10.1. The molecular formula is C20H24N2O5S. The third kappa shape index (κ3) is 5.02. The van der Waals surface area contributed by atoms with E-state index in [0.717, 1.165) is 17.5 Å². The van der Waals surface area contributed by atoms with Crippen molar-refractivity contribution in [2.45, 2.75) is 31.6 Å². The van der Waals surface area contributed by atoms with E-state index in [4.69, 9.17) is 9.47 Å². The predicted octanol–water partition coefficient (Wildman–Crippen LogP) is 2.77. The molecule has 2 aromatic rings. The van der Waals surface area contributed by atoms with Crippen LogP contribution in [-0.2, 0) is 14.8 Å². The van der Waals surface area contributed by atoms with Gasteiger partial charge in [0.05, 0.1) is 18.1 Å². The van der Waals surface area contributed by atoms with Crippen LogP contribution in [0.2, 0.25) is 0 Å². The van der Waals surface area contributed by atoms with Gasteiger partial charge in [-0.15, -0.1) is 0 Å². The predicted molar refractivity (Wildman–Crippen MR) is 106 cm³/mol. The van der Waals surface area contributed by atoms with Crippen molar-refractivity contribution in [1.29, 1.82) is 0 Å². The largest absolute Gasteiger partial charge is 0.490 e. The molecule has 1 amide bonds. The lowest BCUT2D eigenvalue weighted by Gasteiger charge is -2.11.